The second-order valence-electron chi connectivity index (χ2n) is 6.54. The highest BCUT2D eigenvalue weighted by Gasteiger charge is 2.15. The van der Waals surface area contributed by atoms with E-state index in [0.29, 0.717) is 5.56 Å². The smallest absolute Gasteiger partial charge is 0.253 e. The lowest BCUT2D eigenvalue weighted by molar-refractivity contribution is -0.116. The van der Waals surface area contributed by atoms with Gasteiger partial charge in [-0.05, 0) is 61.0 Å². The van der Waals surface area contributed by atoms with Crippen LogP contribution in [0.5, 0.6) is 0 Å². The maximum atomic E-state index is 12.5. The van der Waals surface area contributed by atoms with Crippen molar-refractivity contribution in [3.05, 3.63) is 75.1 Å². The standard InChI is InChI=1S/C21H22N2O2/c1-13-8-9-19(10-15(13)3)23(16(4)24)12-18-11-17-7-5-6-14(2)20(17)22-21(18)25/h5-11H,12H2,1-4H3,(H,22,25). The zero-order chi connectivity index (χ0) is 18.1. The number of carbonyl (C=O) groups is 1. The zero-order valence-corrected chi connectivity index (χ0v) is 15.0. The summed E-state index contributed by atoms with van der Waals surface area (Å²) >= 11 is 0. The molecule has 4 heteroatoms. The Balaban J connectivity index is 2.04. The van der Waals surface area contributed by atoms with Gasteiger partial charge in [-0.1, -0.05) is 24.3 Å². The molecule has 0 radical (unpaired) electrons. The number of rotatable bonds is 3. The van der Waals surface area contributed by atoms with Gasteiger partial charge in [0.1, 0.15) is 0 Å². The van der Waals surface area contributed by atoms with Gasteiger partial charge in [0.25, 0.3) is 5.56 Å². The third-order valence-electron chi connectivity index (χ3n) is 4.68. The summed E-state index contributed by atoms with van der Waals surface area (Å²) in [6.45, 7) is 7.79. The normalized spacial score (nSPS) is 10.9. The monoisotopic (exact) mass is 334 g/mol. The Hall–Kier alpha value is -2.88. The van der Waals surface area contributed by atoms with Crippen molar-refractivity contribution in [1.29, 1.82) is 0 Å². The predicted molar refractivity (Wildman–Crippen MR) is 102 cm³/mol. The molecule has 0 atom stereocenters. The van der Waals surface area contributed by atoms with Gasteiger partial charge in [-0.25, -0.2) is 0 Å². The Morgan fingerprint density at radius 2 is 1.76 bits per heavy atom. The Morgan fingerprint density at radius 1 is 1.00 bits per heavy atom. The number of carbonyl (C=O) groups excluding carboxylic acids is 1. The van der Waals surface area contributed by atoms with Crippen molar-refractivity contribution < 1.29 is 4.79 Å². The van der Waals surface area contributed by atoms with Crippen molar-refractivity contribution in [3.63, 3.8) is 0 Å². The molecule has 0 bridgehead atoms. The molecular weight excluding hydrogens is 312 g/mol. The molecule has 1 heterocycles. The van der Waals surface area contributed by atoms with Gasteiger partial charge < -0.3 is 9.88 Å². The second-order valence-corrected chi connectivity index (χ2v) is 6.54. The van der Waals surface area contributed by atoms with Crippen LogP contribution in [-0.2, 0) is 11.3 Å². The Morgan fingerprint density at radius 3 is 2.44 bits per heavy atom. The maximum absolute atomic E-state index is 12.5. The van der Waals surface area contributed by atoms with Crippen LogP contribution >= 0.6 is 0 Å². The Labute approximate surface area is 147 Å². The molecule has 0 aliphatic carbocycles. The van der Waals surface area contributed by atoms with E-state index >= 15 is 0 Å². The van der Waals surface area contributed by atoms with Crippen molar-refractivity contribution in [2.75, 3.05) is 4.90 Å². The predicted octanol–water partition coefficient (Wildman–Crippen LogP) is 4.01. The highest BCUT2D eigenvalue weighted by Crippen LogP contribution is 2.22. The molecular formula is C21H22N2O2. The molecule has 0 aliphatic heterocycles. The Kier molecular flexibility index (Phi) is 4.45. The van der Waals surface area contributed by atoms with Gasteiger partial charge in [0, 0.05) is 18.2 Å². The topological polar surface area (TPSA) is 53.2 Å². The number of aryl methyl sites for hydroxylation is 3. The molecule has 1 amide bonds. The molecule has 0 saturated carbocycles. The minimum Gasteiger partial charge on any atom is -0.321 e. The first-order valence-corrected chi connectivity index (χ1v) is 8.33. The van der Waals surface area contributed by atoms with Crippen molar-refractivity contribution in [2.45, 2.75) is 34.2 Å². The number of fused-ring (bicyclic) bond motifs is 1. The molecule has 0 unspecified atom stereocenters. The van der Waals surface area contributed by atoms with Crippen LogP contribution in [0.1, 0.15) is 29.2 Å². The number of hydrogen-bond acceptors (Lipinski definition) is 2. The number of H-pyrrole nitrogens is 1. The van der Waals surface area contributed by atoms with Gasteiger partial charge in [0.2, 0.25) is 5.91 Å². The van der Waals surface area contributed by atoms with Gasteiger partial charge in [-0.15, -0.1) is 0 Å². The van der Waals surface area contributed by atoms with Gasteiger partial charge in [0.15, 0.2) is 0 Å². The lowest BCUT2D eigenvalue weighted by atomic mass is 10.1. The second kappa shape index (κ2) is 6.55. The summed E-state index contributed by atoms with van der Waals surface area (Å²) in [5.41, 5.74) is 5.39. The molecule has 3 aromatic rings. The zero-order valence-electron chi connectivity index (χ0n) is 15.0. The van der Waals surface area contributed by atoms with Crippen LogP contribution in [0.25, 0.3) is 10.9 Å². The van der Waals surface area contributed by atoms with E-state index < -0.39 is 0 Å². The van der Waals surface area contributed by atoms with Crippen LogP contribution in [0.3, 0.4) is 0 Å². The van der Waals surface area contributed by atoms with Gasteiger partial charge >= 0.3 is 0 Å². The van der Waals surface area contributed by atoms with Crippen LogP contribution in [0.15, 0.2) is 47.3 Å². The van der Waals surface area contributed by atoms with Crippen molar-refractivity contribution in [1.82, 2.24) is 4.98 Å². The third kappa shape index (κ3) is 3.33. The molecule has 1 aromatic heterocycles. The average Bonchev–Trinajstić information content (AvgIpc) is 2.56. The summed E-state index contributed by atoms with van der Waals surface area (Å²) in [5.74, 6) is -0.0907. The van der Waals surface area contributed by atoms with Gasteiger partial charge in [-0.3, -0.25) is 9.59 Å². The minimum atomic E-state index is -0.156. The molecule has 3 rings (SSSR count). The quantitative estimate of drug-likeness (QED) is 0.787. The number of amides is 1. The summed E-state index contributed by atoms with van der Waals surface area (Å²) in [4.78, 5) is 29.3. The lowest BCUT2D eigenvalue weighted by Crippen LogP contribution is -2.31. The number of aromatic amines is 1. The Bertz CT molecular complexity index is 1020. The highest BCUT2D eigenvalue weighted by atomic mass is 16.2. The first kappa shape index (κ1) is 17.0. The van der Waals surface area contributed by atoms with Gasteiger partial charge in [-0.2, -0.15) is 0 Å². The molecule has 0 fully saturated rings. The fraction of sp³-hybridized carbons (Fsp3) is 0.238. The van der Waals surface area contributed by atoms with Crippen LogP contribution in [0.2, 0.25) is 0 Å². The van der Waals surface area contributed by atoms with Crippen LogP contribution in [0, 0.1) is 20.8 Å². The van der Waals surface area contributed by atoms with Crippen molar-refractivity contribution in [2.24, 2.45) is 0 Å². The first-order chi connectivity index (χ1) is 11.9. The van der Waals surface area contributed by atoms with E-state index in [2.05, 4.69) is 4.98 Å². The molecule has 0 spiro atoms. The molecule has 0 saturated heterocycles. The number of hydrogen-bond donors (Lipinski definition) is 1. The molecule has 128 valence electrons. The summed E-state index contributed by atoms with van der Waals surface area (Å²) in [7, 11) is 0. The number of aromatic nitrogens is 1. The van der Waals surface area contributed by atoms with Crippen LogP contribution in [0.4, 0.5) is 5.69 Å². The van der Waals surface area contributed by atoms with E-state index in [-0.39, 0.29) is 18.0 Å². The fourth-order valence-electron chi connectivity index (χ4n) is 2.99. The summed E-state index contributed by atoms with van der Waals surface area (Å²) in [6.07, 6.45) is 0. The molecule has 4 nitrogen and oxygen atoms in total. The fourth-order valence-corrected chi connectivity index (χ4v) is 2.99. The summed E-state index contributed by atoms with van der Waals surface area (Å²) < 4.78 is 0. The molecule has 1 N–H and O–H groups in total. The van der Waals surface area contributed by atoms with Crippen molar-refractivity contribution >= 4 is 22.5 Å². The molecule has 25 heavy (non-hydrogen) atoms. The number of para-hydroxylation sites is 1. The number of pyridine rings is 1. The SMILES string of the molecule is CC(=O)N(Cc1cc2cccc(C)c2[nH]c1=O)c1ccc(C)c(C)c1. The van der Waals surface area contributed by atoms with Crippen molar-refractivity contribution in [3.8, 4) is 0 Å². The lowest BCUT2D eigenvalue weighted by Gasteiger charge is -2.22. The van der Waals surface area contributed by atoms with E-state index in [4.69, 9.17) is 0 Å². The largest absolute Gasteiger partial charge is 0.321 e. The first-order valence-electron chi connectivity index (χ1n) is 8.33. The van der Waals surface area contributed by atoms with Crippen LogP contribution in [-0.4, -0.2) is 10.9 Å². The minimum absolute atomic E-state index is 0.0907. The summed E-state index contributed by atoms with van der Waals surface area (Å²) in [5, 5.41) is 0.971. The maximum Gasteiger partial charge on any atom is 0.253 e. The number of nitrogens with zero attached hydrogens (tertiary/aromatic N) is 1. The number of anilines is 1. The third-order valence-corrected chi connectivity index (χ3v) is 4.68. The summed E-state index contributed by atoms with van der Waals surface area (Å²) in [6, 6.07) is 13.7. The van der Waals surface area contributed by atoms with E-state index in [0.717, 1.165) is 27.7 Å². The van der Waals surface area contributed by atoms with Crippen LogP contribution < -0.4 is 10.5 Å². The van der Waals surface area contributed by atoms with E-state index in [1.54, 1.807) is 4.90 Å². The van der Waals surface area contributed by atoms with E-state index in [9.17, 15) is 9.59 Å². The van der Waals surface area contributed by atoms with E-state index in [1.807, 2.05) is 63.2 Å². The van der Waals surface area contributed by atoms with E-state index in [1.165, 1.54) is 12.5 Å². The van der Waals surface area contributed by atoms with Gasteiger partial charge in [0.05, 0.1) is 12.1 Å². The number of benzene rings is 2. The highest BCUT2D eigenvalue weighted by molar-refractivity contribution is 5.91. The number of nitrogens with one attached hydrogen (secondary N) is 1. The average molecular weight is 334 g/mol. The molecule has 2 aromatic carbocycles. The molecule has 0 aliphatic rings.